The molecule has 4 nitrogen and oxygen atoms in total. The number of methoxy groups -OCH3 is 1. The SMILES string of the molecule is COc1cc(C)c(-c2ccnc(N)n2)cc1Cl. The van der Waals surface area contributed by atoms with E-state index >= 15 is 0 Å². The number of rotatable bonds is 2. The Morgan fingerprint density at radius 3 is 2.76 bits per heavy atom. The van der Waals surface area contributed by atoms with E-state index in [1.165, 1.54) is 0 Å². The number of ether oxygens (including phenoxy) is 1. The van der Waals surface area contributed by atoms with Gasteiger partial charge in [0.1, 0.15) is 5.75 Å². The van der Waals surface area contributed by atoms with E-state index in [4.69, 9.17) is 22.1 Å². The number of nitrogens with two attached hydrogens (primary N) is 1. The molecule has 0 unspecified atom stereocenters. The first-order valence-electron chi connectivity index (χ1n) is 5.05. The summed E-state index contributed by atoms with van der Waals surface area (Å²) in [5, 5.41) is 0.547. The average Bonchev–Trinajstić information content (AvgIpc) is 2.31. The van der Waals surface area contributed by atoms with Crippen molar-refractivity contribution in [3.05, 3.63) is 35.0 Å². The molecular weight excluding hydrogens is 238 g/mol. The Balaban J connectivity index is 2.56. The molecular formula is C12H12ClN3O. The van der Waals surface area contributed by atoms with Gasteiger partial charge in [-0.15, -0.1) is 0 Å². The quantitative estimate of drug-likeness (QED) is 0.889. The highest BCUT2D eigenvalue weighted by Gasteiger charge is 2.09. The van der Waals surface area contributed by atoms with Gasteiger partial charge in [-0.3, -0.25) is 0 Å². The molecule has 0 bridgehead atoms. The topological polar surface area (TPSA) is 61.0 Å². The highest BCUT2D eigenvalue weighted by Crippen LogP contribution is 2.32. The van der Waals surface area contributed by atoms with E-state index in [1.807, 2.05) is 19.1 Å². The van der Waals surface area contributed by atoms with E-state index in [2.05, 4.69) is 9.97 Å². The summed E-state index contributed by atoms with van der Waals surface area (Å²) < 4.78 is 5.15. The zero-order valence-corrected chi connectivity index (χ0v) is 10.3. The number of nitrogens with zero attached hydrogens (tertiary/aromatic N) is 2. The minimum absolute atomic E-state index is 0.244. The molecule has 0 saturated heterocycles. The minimum Gasteiger partial charge on any atom is -0.495 e. The van der Waals surface area contributed by atoms with E-state index in [0.29, 0.717) is 10.8 Å². The van der Waals surface area contributed by atoms with Crippen LogP contribution in [0.5, 0.6) is 5.75 Å². The van der Waals surface area contributed by atoms with Gasteiger partial charge in [0, 0.05) is 11.8 Å². The van der Waals surface area contributed by atoms with Crippen molar-refractivity contribution >= 4 is 17.5 Å². The summed E-state index contributed by atoms with van der Waals surface area (Å²) in [6, 6.07) is 5.48. The van der Waals surface area contributed by atoms with Crippen molar-refractivity contribution < 1.29 is 4.74 Å². The van der Waals surface area contributed by atoms with E-state index in [0.717, 1.165) is 16.8 Å². The van der Waals surface area contributed by atoms with Gasteiger partial charge in [0.05, 0.1) is 17.8 Å². The molecule has 1 aromatic heterocycles. The lowest BCUT2D eigenvalue weighted by molar-refractivity contribution is 0.415. The molecule has 0 radical (unpaired) electrons. The Morgan fingerprint density at radius 1 is 1.35 bits per heavy atom. The van der Waals surface area contributed by atoms with Crippen molar-refractivity contribution in [3.63, 3.8) is 0 Å². The Hall–Kier alpha value is -1.81. The first-order chi connectivity index (χ1) is 8.11. The molecule has 2 aromatic rings. The van der Waals surface area contributed by atoms with Gasteiger partial charge in [-0.05, 0) is 30.7 Å². The van der Waals surface area contributed by atoms with Crippen LogP contribution >= 0.6 is 11.6 Å². The summed E-state index contributed by atoms with van der Waals surface area (Å²) in [4.78, 5) is 8.03. The number of nitrogen functional groups attached to an aromatic ring is 1. The molecule has 88 valence electrons. The number of aromatic nitrogens is 2. The highest BCUT2D eigenvalue weighted by molar-refractivity contribution is 6.32. The molecule has 2 N–H and O–H groups in total. The summed E-state index contributed by atoms with van der Waals surface area (Å²) in [6.45, 7) is 1.96. The zero-order chi connectivity index (χ0) is 12.4. The largest absolute Gasteiger partial charge is 0.495 e. The maximum absolute atomic E-state index is 6.09. The van der Waals surface area contributed by atoms with Gasteiger partial charge in [-0.1, -0.05) is 11.6 Å². The lowest BCUT2D eigenvalue weighted by Crippen LogP contribution is -1.96. The van der Waals surface area contributed by atoms with Crippen LogP contribution in [-0.2, 0) is 0 Å². The van der Waals surface area contributed by atoms with Crippen LogP contribution in [0.15, 0.2) is 24.4 Å². The summed E-state index contributed by atoms with van der Waals surface area (Å²) in [7, 11) is 1.59. The number of benzene rings is 1. The van der Waals surface area contributed by atoms with Crippen molar-refractivity contribution in [2.45, 2.75) is 6.92 Å². The van der Waals surface area contributed by atoms with Crippen LogP contribution in [0.2, 0.25) is 5.02 Å². The van der Waals surface area contributed by atoms with Crippen LogP contribution in [0, 0.1) is 6.92 Å². The predicted octanol–water partition coefficient (Wildman–Crippen LogP) is 2.70. The Bertz CT molecular complexity index is 557. The molecule has 0 saturated carbocycles. The van der Waals surface area contributed by atoms with E-state index in [9.17, 15) is 0 Å². The number of aryl methyl sites for hydroxylation is 1. The molecule has 2 rings (SSSR count). The second kappa shape index (κ2) is 4.59. The van der Waals surface area contributed by atoms with Crippen LogP contribution in [0.3, 0.4) is 0 Å². The summed E-state index contributed by atoms with van der Waals surface area (Å²) in [6.07, 6.45) is 1.62. The fraction of sp³-hybridized carbons (Fsp3) is 0.167. The fourth-order valence-electron chi connectivity index (χ4n) is 1.61. The Morgan fingerprint density at radius 2 is 2.12 bits per heavy atom. The lowest BCUT2D eigenvalue weighted by atomic mass is 10.1. The number of hydrogen-bond donors (Lipinski definition) is 1. The fourth-order valence-corrected chi connectivity index (χ4v) is 1.85. The van der Waals surface area contributed by atoms with Crippen molar-refractivity contribution in [2.75, 3.05) is 12.8 Å². The summed E-state index contributed by atoms with van der Waals surface area (Å²) >= 11 is 6.09. The normalized spacial score (nSPS) is 10.3. The molecule has 0 spiro atoms. The van der Waals surface area contributed by atoms with E-state index < -0.39 is 0 Å². The van der Waals surface area contributed by atoms with Crippen molar-refractivity contribution in [2.24, 2.45) is 0 Å². The van der Waals surface area contributed by atoms with Crippen LogP contribution in [0.1, 0.15) is 5.56 Å². The van der Waals surface area contributed by atoms with Crippen LogP contribution < -0.4 is 10.5 Å². The minimum atomic E-state index is 0.244. The van der Waals surface area contributed by atoms with Crippen molar-refractivity contribution in [1.82, 2.24) is 9.97 Å². The Labute approximate surface area is 104 Å². The third-order valence-electron chi connectivity index (χ3n) is 2.45. The smallest absolute Gasteiger partial charge is 0.220 e. The van der Waals surface area contributed by atoms with Gasteiger partial charge in [0.25, 0.3) is 0 Å². The third kappa shape index (κ3) is 2.31. The molecule has 0 amide bonds. The van der Waals surface area contributed by atoms with Crippen molar-refractivity contribution in [3.8, 4) is 17.0 Å². The summed E-state index contributed by atoms with van der Waals surface area (Å²) in [5.74, 6) is 0.892. The second-order valence-electron chi connectivity index (χ2n) is 3.60. The van der Waals surface area contributed by atoms with Gasteiger partial charge in [-0.25, -0.2) is 9.97 Å². The van der Waals surface area contributed by atoms with Gasteiger partial charge in [0.2, 0.25) is 5.95 Å². The molecule has 1 heterocycles. The zero-order valence-electron chi connectivity index (χ0n) is 9.57. The van der Waals surface area contributed by atoms with Gasteiger partial charge in [-0.2, -0.15) is 0 Å². The summed E-state index contributed by atoms with van der Waals surface area (Å²) in [5.41, 5.74) is 8.25. The molecule has 0 aliphatic rings. The number of anilines is 1. The molecule has 0 aliphatic heterocycles. The molecule has 17 heavy (non-hydrogen) atoms. The standard InChI is InChI=1S/C12H12ClN3O/c1-7-5-11(17-2)9(13)6-8(7)10-3-4-15-12(14)16-10/h3-6H,1-2H3,(H2,14,15,16). The third-order valence-corrected chi connectivity index (χ3v) is 2.74. The predicted molar refractivity (Wildman–Crippen MR) is 68.2 cm³/mol. The first-order valence-corrected chi connectivity index (χ1v) is 5.42. The molecule has 0 aliphatic carbocycles. The maximum Gasteiger partial charge on any atom is 0.220 e. The maximum atomic E-state index is 6.09. The average molecular weight is 250 g/mol. The Kier molecular flexibility index (Phi) is 3.15. The number of halogens is 1. The molecule has 5 heteroatoms. The number of hydrogen-bond acceptors (Lipinski definition) is 4. The highest BCUT2D eigenvalue weighted by atomic mass is 35.5. The van der Waals surface area contributed by atoms with Crippen LogP contribution in [-0.4, -0.2) is 17.1 Å². The first kappa shape index (κ1) is 11.7. The van der Waals surface area contributed by atoms with Gasteiger partial charge < -0.3 is 10.5 Å². The van der Waals surface area contributed by atoms with Crippen LogP contribution in [0.4, 0.5) is 5.95 Å². The monoisotopic (exact) mass is 249 g/mol. The second-order valence-corrected chi connectivity index (χ2v) is 4.01. The van der Waals surface area contributed by atoms with E-state index in [-0.39, 0.29) is 5.95 Å². The van der Waals surface area contributed by atoms with Gasteiger partial charge >= 0.3 is 0 Å². The molecule has 1 aromatic carbocycles. The lowest BCUT2D eigenvalue weighted by Gasteiger charge is -2.09. The van der Waals surface area contributed by atoms with E-state index in [1.54, 1.807) is 19.4 Å². The van der Waals surface area contributed by atoms with Crippen LogP contribution in [0.25, 0.3) is 11.3 Å². The van der Waals surface area contributed by atoms with Gasteiger partial charge in [0.15, 0.2) is 0 Å². The molecule has 0 atom stereocenters. The molecule has 0 fully saturated rings. The van der Waals surface area contributed by atoms with Crippen molar-refractivity contribution in [1.29, 1.82) is 0 Å².